The molecule has 1 saturated carbocycles. The van der Waals surface area contributed by atoms with E-state index in [4.69, 9.17) is 14.0 Å². The van der Waals surface area contributed by atoms with Gasteiger partial charge < -0.3 is 14.0 Å². The molecule has 5 heteroatoms. The van der Waals surface area contributed by atoms with Crippen molar-refractivity contribution in [1.29, 1.82) is 0 Å². The summed E-state index contributed by atoms with van der Waals surface area (Å²) in [6.07, 6.45) is 2.43. The summed E-state index contributed by atoms with van der Waals surface area (Å²) in [6, 6.07) is 4.53. The van der Waals surface area contributed by atoms with Crippen LogP contribution in [0, 0.1) is 11.7 Å². The first-order valence-electron chi connectivity index (χ1n) is 7.56. The van der Waals surface area contributed by atoms with Crippen molar-refractivity contribution in [2.75, 3.05) is 6.61 Å². The van der Waals surface area contributed by atoms with E-state index in [1.54, 1.807) is 6.07 Å². The smallest absolute Gasteiger partial charge is 0.494 e. The molecule has 3 rings (SSSR count). The van der Waals surface area contributed by atoms with Gasteiger partial charge in [-0.3, -0.25) is 0 Å². The Kier molecular flexibility index (Phi) is 3.53. The zero-order chi connectivity index (χ0) is 15.3. The highest BCUT2D eigenvalue weighted by Gasteiger charge is 2.52. The van der Waals surface area contributed by atoms with E-state index in [2.05, 4.69) is 0 Å². The van der Waals surface area contributed by atoms with Crippen LogP contribution in [0.3, 0.4) is 0 Å². The molecule has 1 aromatic rings. The summed E-state index contributed by atoms with van der Waals surface area (Å²) in [5, 5.41) is 0. The van der Waals surface area contributed by atoms with E-state index in [0.29, 0.717) is 23.7 Å². The van der Waals surface area contributed by atoms with Gasteiger partial charge in [0.2, 0.25) is 0 Å². The molecule has 0 bridgehead atoms. The van der Waals surface area contributed by atoms with Crippen LogP contribution < -0.4 is 10.2 Å². The van der Waals surface area contributed by atoms with Crippen molar-refractivity contribution in [3.05, 3.63) is 24.0 Å². The minimum Gasteiger partial charge on any atom is -0.494 e. The van der Waals surface area contributed by atoms with Crippen LogP contribution in [0.2, 0.25) is 0 Å². The third kappa shape index (κ3) is 2.95. The Hall–Kier alpha value is -1.07. The van der Waals surface area contributed by atoms with Crippen molar-refractivity contribution in [2.45, 2.75) is 51.7 Å². The normalized spacial score (nSPS) is 23.4. The van der Waals surface area contributed by atoms with Gasteiger partial charge in [-0.15, -0.1) is 0 Å². The van der Waals surface area contributed by atoms with Gasteiger partial charge in [0, 0.05) is 5.46 Å². The molecule has 0 radical (unpaired) electrons. The van der Waals surface area contributed by atoms with Gasteiger partial charge in [0.25, 0.3) is 0 Å². The number of hydrogen-bond donors (Lipinski definition) is 0. The lowest BCUT2D eigenvalue weighted by atomic mass is 9.78. The second kappa shape index (κ2) is 4.99. The fourth-order valence-electron chi connectivity index (χ4n) is 2.30. The quantitative estimate of drug-likeness (QED) is 0.799. The van der Waals surface area contributed by atoms with Crippen LogP contribution in [0.4, 0.5) is 4.39 Å². The van der Waals surface area contributed by atoms with Crippen molar-refractivity contribution < 1.29 is 18.4 Å². The molecule has 3 nitrogen and oxygen atoms in total. The van der Waals surface area contributed by atoms with Crippen molar-refractivity contribution in [1.82, 2.24) is 0 Å². The van der Waals surface area contributed by atoms with Crippen LogP contribution in [0.25, 0.3) is 0 Å². The molecule has 2 fully saturated rings. The molecule has 0 N–H and O–H groups in total. The van der Waals surface area contributed by atoms with Crippen molar-refractivity contribution >= 4 is 12.6 Å². The van der Waals surface area contributed by atoms with Crippen molar-refractivity contribution in [3.8, 4) is 5.75 Å². The first-order valence-corrected chi connectivity index (χ1v) is 7.56. The molecule has 1 aliphatic carbocycles. The van der Waals surface area contributed by atoms with Crippen LogP contribution in [-0.2, 0) is 9.31 Å². The topological polar surface area (TPSA) is 27.7 Å². The Balaban J connectivity index is 1.85. The lowest BCUT2D eigenvalue weighted by Gasteiger charge is -2.32. The number of halogens is 1. The summed E-state index contributed by atoms with van der Waals surface area (Å²) in [5.74, 6) is 0.987. The zero-order valence-electron chi connectivity index (χ0n) is 13.1. The van der Waals surface area contributed by atoms with Gasteiger partial charge in [-0.05, 0) is 64.7 Å². The first kappa shape index (κ1) is 14.9. The van der Waals surface area contributed by atoms with Crippen LogP contribution in [0.5, 0.6) is 5.75 Å². The molecule has 0 unspecified atom stereocenters. The second-order valence-electron chi connectivity index (χ2n) is 7.02. The van der Waals surface area contributed by atoms with E-state index >= 15 is 0 Å². The van der Waals surface area contributed by atoms with Gasteiger partial charge in [0.1, 0.15) is 11.6 Å². The molecule has 0 spiro atoms. The Labute approximate surface area is 125 Å². The number of benzene rings is 1. The molecule has 0 amide bonds. The van der Waals surface area contributed by atoms with Gasteiger partial charge in [-0.2, -0.15) is 0 Å². The minimum atomic E-state index is -0.597. The molecular formula is C16H22BFO3. The highest BCUT2D eigenvalue weighted by Crippen LogP contribution is 2.37. The van der Waals surface area contributed by atoms with E-state index in [1.165, 1.54) is 25.0 Å². The number of ether oxygens (including phenoxy) is 1. The van der Waals surface area contributed by atoms with Crippen molar-refractivity contribution in [2.24, 2.45) is 5.92 Å². The average molecular weight is 292 g/mol. The summed E-state index contributed by atoms with van der Waals surface area (Å²) in [4.78, 5) is 0. The first-order chi connectivity index (χ1) is 9.78. The molecular weight excluding hydrogens is 270 g/mol. The average Bonchev–Trinajstić information content (AvgIpc) is 3.16. The molecule has 0 aromatic heterocycles. The number of hydrogen-bond acceptors (Lipinski definition) is 3. The molecule has 1 aromatic carbocycles. The van der Waals surface area contributed by atoms with Gasteiger partial charge >= 0.3 is 7.12 Å². The van der Waals surface area contributed by atoms with E-state index in [-0.39, 0.29) is 5.82 Å². The third-order valence-electron chi connectivity index (χ3n) is 4.65. The second-order valence-corrected chi connectivity index (χ2v) is 7.02. The predicted octanol–water partition coefficient (Wildman–Crippen LogP) is 2.91. The monoisotopic (exact) mass is 292 g/mol. The Morgan fingerprint density at radius 2 is 1.81 bits per heavy atom. The summed E-state index contributed by atoms with van der Waals surface area (Å²) in [6.45, 7) is 8.61. The molecule has 21 heavy (non-hydrogen) atoms. The summed E-state index contributed by atoms with van der Waals surface area (Å²) in [7, 11) is -0.597. The molecule has 114 valence electrons. The standard InChI is InChI=1S/C16H22BFO3/c1-15(2)16(3,4)21-17(20-15)13-9-12(18)7-8-14(13)19-10-11-5-6-11/h7-9,11H,5-6,10H2,1-4H3. The van der Waals surface area contributed by atoms with E-state index in [1.807, 2.05) is 27.7 Å². The lowest BCUT2D eigenvalue weighted by molar-refractivity contribution is 0.00578. The fourth-order valence-corrected chi connectivity index (χ4v) is 2.30. The Morgan fingerprint density at radius 1 is 1.19 bits per heavy atom. The maximum absolute atomic E-state index is 13.6. The molecule has 2 aliphatic rings. The molecule has 0 atom stereocenters. The summed E-state index contributed by atoms with van der Waals surface area (Å²) in [5.41, 5.74) is -0.260. The lowest BCUT2D eigenvalue weighted by Crippen LogP contribution is -2.41. The van der Waals surface area contributed by atoms with Gasteiger partial charge in [0.15, 0.2) is 0 Å². The number of rotatable bonds is 4. The molecule has 1 saturated heterocycles. The van der Waals surface area contributed by atoms with Gasteiger partial charge in [0.05, 0.1) is 17.8 Å². The molecule has 1 aliphatic heterocycles. The SMILES string of the molecule is CC1(C)OB(c2cc(F)ccc2OCC2CC2)OC1(C)C. The third-order valence-corrected chi connectivity index (χ3v) is 4.65. The van der Waals surface area contributed by atoms with E-state index in [9.17, 15) is 4.39 Å². The maximum Gasteiger partial charge on any atom is 0.498 e. The van der Waals surface area contributed by atoms with E-state index < -0.39 is 18.3 Å². The van der Waals surface area contributed by atoms with Crippen LogP contribution in [0.1, 0.15) is 40.5 Å². The van der Waals surface area contributed by atoms with Crippen LogP contribution in [0.15, 0.2) is 18.2 Å². The van der Waals surface area contributed by atoms with Crippen LogP contribution in [-0.4, -0.2) is 24.9 Å². The highest BCUT2D eigenvalue weighted by atomic mass is 19.1. The molecule has 1 heterocycles. The van der Waals surface area contributed by atoms with Gasteiger partial charge in [-0.1, -0.05) is 0 Å². The fraction of sp³-hybridized carbons (Fsp3) is 0.625. The zero-order valence-corrected chi connectivity index (χ0v) is 13.1. The van der Waals surface area contributed by atoms with E-state index in [0.717, 1.165) is 0 Å². The largest absolute Gasteiger partial charge is 0.498 e. The Morgan fingerprint density at radius 3 is 2.38 bits per heavy atom. The minimum absolute atomic E-state index is 0.307. The van der Waals surface area contributed by atoms with Crippen LogP contribution >= 0.6 is 0 Å². The predicted molar refractivity (Wildman–Crippen MR) is 80.3 cm³/mol. The Bertz CT molecular complexity index is 524. The highest BCUT2D eigenvalue weighted by molar-refractivity contribution is 6.63. The van der Waals surface area contributed by atoms with Crippen molar-refractivity contribution in [3.63, 3.8) is 0 Å². The summed E-state index contributed by atoms with van der Waals surface area (Å²) < 4.78 is 31.5. The maximum atomic E-state index is 13.6. The summed E-state index contributed by atoms with van der Waals surface area (Å²) >= 11 is 0. The van der Waals surface area contributed by atoms with Gasteiger partial charge in [-0.25, -0.2) is 4.39 Å².